The predicted octanol–water partition coefficient (Wildman–Crippen LogP) is 3.86. The van der Waals surface area contributed by atoms with E-state index in [1.807, 2.05) is 25.3 Å². The van der Waals surface area contributed by atoms with Gasteiger partial charge < -0.3 is 20.4 Å². The molecule has 0 aliphatic carbocycles. The van der Waals surface area contributed by atoms with Crippen LogP contribution in [0.15, 0.2) is 34.2 Å². The summed E-state index contributed by atoms with van der Waals surface area (Å²) in [7, 11) is 0. The van der Waals surface area contributed by atoms with Gasteiger partial charge in [0.15, 0.2) is 5.65 Å². The topological polar surface area (TPSA) is 104 Å². The van der Waals surface area contributed by atoms with Crippen LogP contribution in [0.25, 0.3) is 11.2 Å². The number of pyridine rings is 1. The minimum atomic E-state index is -0.200. The molecule has 4 rings (SSSR count). The molecule has 0 saturated heterocycles. The second-order valence-corrected chi connectivity index (χ2v) is 8.24. The van der Waals surface area contributed by atoms with Gasteiger partial charge in [0.2, 0.25) is 12.3 Å². The molecule has 0 saturated carbocycles. The fourth-order valence-electron chi connectivity index (χ4n) is 3.14. The van der Waals surface area contributed by atoms with Gasteiger partial charge in [-0.1, -0.05) is 0 Å². The van der Waals surface area contributed by atoms with E-state index in [9.17, 15) is 4.79 Å². The maximum atomic E-state index is 10.9. The molecule has 150 valence electrons. The predicted molar refractivity (Wildman–Crippen MR) is 116 cm³/mol. The second kappa shape index (κ2) is 7.40. The summed E-state index contributed by atoms with van der Waals surface area (Å²) in [6.07, 6.45) is 2.62. The molecule has 9 heteroatoms. The Morgan fingerprint density at radius 2 is 2.07 bits per heavy atom. The molecule has 0 spiro atoms. The van der Waals surface area contributed by atoms with Crippen LogP contribution in [0.1, 0.15) is 25.2 Å². The average molecular weight is 411 g/mol. The highest BCUT2D eigenvalue weighted by Crippen LogP contribution is 2.33. The molecule has 1 aliphatic heterocycles. The monoisotopic (exact) mass is 410 g/mol. The number of anilines is 3. The summed E-state index contributed by atoms with van der Waals surface area (Å²) < 4.78 is 5.77. The zero-order chi connectivity index (χ0) is 20.6. The molecule has 0 bridgehead atoms. The molecule has 1 amide bonds. The number of rotatable bonds is 6. The minimum absolute atomic E-state index is 0.200. The van der Waals surface area contributed by atoms with Gasteiger partial charge in [0.1, 0.15) is 23.8 Å². The molecule has 0 radical (unpaired) electrons. The Hall–Kier alpha value is -3.07. The number of hydrogen-bond donors (Lipinski definition) is 3. The zero-order valence-electron chi connectivity index (χ0n) is 16.7. The number of thioether (sulfide) groups is 1. The minimum Gasteiger partial charge on any atom is -0.475 e. The smallest absolute Gasteiger partial charge is 0.216 e. The third-order valence-corrected chi connectivity index (χ3v) is 5.25. The number of imidazole rings is 1. The molecule has 0 unspecified atom stereocenters. The molecule has 1 aromatic carbocycles. The van der Waals surface area contributed by atoms with E-state index in [4.69, 9.17) is 4.74 Å². The van der Waals surface area contributed by atoms with Crippen molar-refractivity contribution in [3.63, 3.8) is 0 Å². The highest BCUT2D eigenvalue weighted by molar-refractivity contribution is 7.98. The molecule has 3 aromatic rings. The maximum absolute atomic E-state index is 10.9. The standard InChI is InChI=1S/C20H22N6O2S/c1-11-22-17-14(8-16(21-10-27)25-18(17)23-11)24-13-6-5-12(7-15(13)29-4)19-26-20(2,3)9-28-19/h5-8,10H,9H2,1-4H3,(H3,21,22,23,24,25,27). The molecule has 0 atom stereocenters. The number of aromatic amines is 1. The number of nitrogens with one attached hydrogen (secondary N) is 3. The van der Waals surface area contributed by atoms with Crippen molar-refractivity contribution in [3.8, 4) is 0 Å². The number of aliphatic imine (C=N–C) groups is 1. The Labute approximate surface area is 172 Å². The highest BCUT2D eigenvalue weighted by atomic mass is 32.2. The molecular formula is C20H22N6O2S. The van der Waals surface area contributed by atoms with Crippen molar-refractivity contribution in [1.82, 2.24) is 15.0 Å². The van der Waals surface area contributed by atoms with E-state index in [1.165, 1.54) is 0 Å². The number of benzene rings is 1. The Morgan fingerprint density at radius 1 is 1.24 bits per heavy atom. The van der Waals surface area contributed by atoms with Crippen LogP contribution in [0.5, 0.6) is 0 Å². The van der Waals surface area contributed by atoms with Crippen molar-refractivity contribution < 1.29 is 9.53 Å². The Balaban J connectivity index is 1.72. The summed E-state index contributed by atoms with van der Waals surface area (Å²) >= 11 is 1.63. The van der Waals surface area contributed by atoms with Gasteiger partial charge in [-0.2, -0.15) is 0 Å². The lowest BCUT2D eigenvalue weighted by Gasteiger charge is -2.13. The van der Waals surface area contributed by atoms with E-state index in [0.717, 1.165) is 33.2 Å². The van der Waals surface area contributed by atoms with Crippen molar-refractivity contribution >= 4 is 52.4 Å². The van der Waals surface area contributed by atoms with Crippen LogP contribution in [0, 0.1) is 6.92 Å². The summed E-state index contributed by atoms with van der Waals surface area (Å²) in [5.74, 6) is 1.85. The first-order chi connectivity index (χ1) is 13.9. The van der Waals surface area contributed by atoms with Crippen LogP contribution >= 0.6 is 11.8 Å². The van der Waals surface area contributed by atoms with Crippen LogP contribution < -0.4 is 10.6 Å². The third-order valence-electron chi connectivity index (χ3n) is 4.47. The Bertz CT molecular complexity index is 1120. The first-order valence-electron chi connectivity index (χ1n) is 9.14. The number of ether oxygens (including phenoxy) is 1. The van der Waals surface area contributed by atoms with Crippen LogP contribution in [0.2, 0.25) is 0 Å². The van der Waals surface area contributed by atoms with Crippen LogP contribution in [-0.4, -0.2) is 45.7 Å². The second-order valence-electron chi connectivity index (χ2n) is 7.40. The van der Waals surface area contributed by atoms with Crippen LogP contribution in [0.4, 0.5) is 17.2 Å². The first kappa shape index (κ1) is 19.3. The van der Waals surface area contributed by atoms with E-state index in [1.54, 1.807) is 17.8 Å². The van der Waals surface area contributed by atoms with E-state index < -0.39 is 0 Å². The molecular weight excluding hydrogens is 388 g/mol. The molecule has 3 heterocycles. The molecule has 8 nitrogen and oxygen atoms in total. The number of carbonyl (C=O) groups is 1. The molecule has 3 N–H and O–H groups in total. The lowest BCUT2D eigenvalue weighted by molar-refractivity contribution is -0.105. The van der Waals surface area contributed by atoms with Crippen molar-refractivity contribution in [1.29, 1.82) is 0 Å². The van der Waals surface area contributed by atoms with Gasteiger partial charge >= 0.3 is 0 Å². The van der Waals surface area contributed by atoms with Gasteiger partial charge in [0.05, 0.1) is 16.9 Å². The van der Waals surface area contributed by atoms with Gasteiger partial charge in [-0.3, -0.25) is 4.79 Å². The number of nitrogens with zero attached hydrogens (tertiary/aromatic N) is 3. The average Bonchev–Trinajstić information content (AvgIpc) is 3.23. The van der Waals surface area contributed by atoms with E-state index in [0.29, 0.717) is 30.4 Å². The number of aromatic nitrogens is 3. The summed E-state index contributed by atoms with van der Waals surface area (Å²) in [6, 6.07) is 7.83. The normalized spacial score (nSPS) is 15.1. The summed E-state index contributed by atoms with van der Waals surface area (Å²) in [6.45, 7) is 6.55. The summed E-state index contributed by atoms with van der Waals surface area (Å²) in [5.41, 5.74) is 3.77. The van der Waals surface area contributed by atoms with Crippen molar-refractivity contribution in [2.45, 2.75) is 31.2 Å². The third kappa shape index (κ3) is 3.91. The zero-order valence-corrected chi connectivity index (χ0v) is 17.5. The van der Waals surface area contributed by atoms with Gasteiger partial charge in [-0.05, 0) is 45.2 Å². The number of H-pyrrole nitrogens is 1. The van der Waals surface area contributed by atoms with Crippen molar-refractivity contribution in [2.75, 3.05) is 23.5 Å². The first-order valence-corrected chi connectivity index (χ1v) is 10.4. The number of hydrogen-bond acceptors (Lipinski definition) is 7. The number of amides is 1. The quantitative estimate of drug-likeness (QED) is 0.421. The molecule has 1 aliphatic rings. The number of carbonyl (C=O) groups excluding carboxylic acids is 1. The highest BCUT2D eigenvalue weighted by Gasteiger charge is 2.27. The van der Waals surface area contributed by atoms with Gasteiger partial charge in [0, 0.05) is 16.5 Å². The van der Waals surface area contributed by atoms with E-state index >= 15 is 0 Å². The van der Waals surface area contributed by atoms with Gasteiger partial charge in [0.25, 0.3) is 0 Å². The van der Waals surface area contributed by atoms with Crippen molar-refractivity contribution in [2.24, 2.45) is 4.99 Å². The SMILES string of the molecule is CSc1cc(C2=NC(C)(C)CO2)ccc1Nc1cc(NC=O)nc2nc(C)[nH]c12. The van der Waals surface area contributed by atoms with E-state index in [-0.39, 0.29) is 5.54 Å². The largest absolute Gasteiger partial charge is 0.475 e. The van der Waals surface area contributed by atoms with Gasteiger partial charge in [-0.15, -0.1) is 11.8 Å². The summed E-state index contributed by atoms with van der Waals surface area (Å²) in [4.78, 5) is 28.5. The fourth-order valence-corrected chi connectivity index (χ4v) is 3.73. The maximum Gasteiger partial charge on any atom is 0.216 e. The lowest BCUT2D eigenvalue weighted by Crippen LogP contribution is -2.17. The molecule has 0 fully saturated rings. The Kier molecular flexibility index (Phi) is 4.91. The fraction of sp³-hybridized carbons (Fsp3) is 0.300. The van der Waals surface area contributed by atoms with Crippen LogP contribution in [-0.2, 0) is 9.53 Å². The summed E-state index contributed by atoms with van der Waals surface area (Å²) in [5, 5.41) is 6.04. The van der Waals surface area contributed by atoms with Gasteiger partial charge in [-0.25, -0.2) is 15.0 Å². The number of aryl methyl sites for hydroxylation is 1. The van der Waals surface area contributed by atoms with Crippen LogP contribution in [0.3, 0.4) is 0 Å². The molecule has 29 heavy (non-hydrogen) atoms. The van der Waals surface area contributed by atoms with Crippen molar-refractivity contribution in [3.05, 3.63) is 35.7 Å². The lowest BCUT2D eigenvalue weighted by atomic mass is 10.1. The molecule has 2 aromatic heterocycles. The van der Waals surface area contributed by atoms with E-state index in [2.05, 4.69) is 50.5 Å². The Morgan fingerprint density at radius 3 is 2.76 bits per heavy atom. The number of fused-ring (bicyclic) bond motifs is 1.